The predicted molar refractivity (Wildman–Crippen MR) is 138 cm³/mol. The molecule has 1 aliphatic heterocycles. The molecule has 0 radical (unpaired) electrons. The fourth-order valence-corrected chi connectivity index (χ4v) is 5.40. The number of methoxy groups -OCH3 is 2. The van der Waals surface area contributed by atoms with Gasteiger partial charge in [-0.1, -0.05) is 36.4 Å². The maximum atomic E-state index is 13.8. The largest absolute Gasteiger partial charge is 0.493 e. The molecule has 0 bridgehead atoms. The summed E-state index contributed by atoms with van der Waals surface area (Å²) in [6.07, 6.45) is 3.19. The molecule has 0 spiro atoms. The molecular formula is C29H27N3O3. The highest BCUT2D eigenvalue weighted by atomic mass is 16.5. The molecule has 2 aliphatic rings. The van der Waals surface area contributed by atoms with Crippen LogP contribution in [-0.4, -0.2) is 25.0 Å². The highest BCUT2D eigenvalue weighted by Gasteiger charge is 2.37. The van der Waals surface area contributed by atoms with E-state index in [1.807, 2.05) is 48.7 Å². The van der Waals surface area contributed by atoms with Crippen LogP contribution in [0.3, 0.4) is 0 Å². The summed E-state index contributed by atoms with van der Waals surface area (Å²) in [6.45, 7) is 0. The zero-order valence-electron chi connectivity index (χ0n) is 19.7. The van der Waals surface area contributed by atoms with Gasteiger partial charge in [0.1, 0.15) is 0 Å². The van der Waals surface area contributed by atoms with Crippen LogP contribution in [0.2, 0.25) is 0 Å². The maximum Gasteiger partial charge on any atom is 0.163 e. The first kappa shape index (κ1) is 21.4. The zero-order valence-corrected chi connectivity index (χ0v) is 19.7. The van der Waals surface area contributed by atoms with Crippen molar-refractivity contribution < 1.29 is 14.3 Å². The number of carbonyl (C=O) groups excluding carboxylic acids is 1. The van der Waals surface area contributed by atoms with Crippen molar-refractivity contribution in [3.8, 4) is 11.5 Å². The van der Waals surface area contributed by atoms with E-state index in [0.29, 0.717) is 17.9 Å². The number of allylic oxidation sites excluding steroid dienone is 1. The summed E-state index contributed by atoms with van der Waals surface area (Å²) in [5, 5.41) is 8.40. The third-order valence-electron chi connectivity index (χ3n) is 7.12. The number of hydrogen-bond donors (Lipinski definition) is 3. The highest BCUT2D eigenvalue weighted by Crippen LogP contribution is 2.46. The molecule has 0 saturated carbocycles. The van der Waals surface area contributed by atoms with Gasteiger partial charge < -0.3 is 25.1 Å². The minimum absolute atomic E-state index is 0.0439. The third-order valence-corrected chi connectivity index (χ3v) is 7.12. The Bertz CT molecular complexity index is 1470. The number of H-pyrrole nitrogens is 1. The molecule has 0 saturated heterocycles. The molecule has 35 heavy (non-hydrogen) atoms. The highest BCUT2D eigenvalue weighted by molar-refractivity contribution is 6.02. The van der Waals surface area contributed by atoms with Crippen molar-refractivity contribution in [1.82, 2.24) is 4.98 Å². The average molecular weight is 466 g/mol. The Kier molecular flexibility index (Phi) is 5.21. The Morgan fingerprint density at radius 1 is 0.857 bits per heavy atom. The van der Waals surface area contributed by atoms with Crippen molar-refractivity contribution in [3.63, 3.8) is 0 Å². The smallest absolute Gasteiger partial charge is 0.163 e. The Hall–Kier alpha value is -4.19. The first-order valence-electron chi connectivity index (χ1n) is 11.8. The first-order valence-corrected chi connectivity index (χ1v) is 11.8. The van der Waals surface area contributed by atoms with Crippen molar-refractivity contribution in [2.45, 2.75) is 24.8 Å². The van der Waals surface area contributed by atoms with Gasteiger partial charge in [0.15, 0.2) is 17.3 Å². The first-order chi connectivity index (χ1) is 17.2. The van der Waals surface area contributed by atoms with Crippen LogP contribution in [0.1, 0.15) is 35.9 Å². The molecule has 0 fully saturated rings. The second kappa shape index (κ2) is 8.55. The van der Waals surface area contributed by atoms with E-state index in [1.54, 1.807) is 14.2 Å². The molecule has 0 amide bonds. The number of carbonyl (C=O) groups is 1. The lowest BCUT2D eigenvalue weighted by Crippen LogP contribution is -2.26. The summed E-state index contributed by atoms with van der Waals surface area (Å²) < 4.78 is 10.9. The van der Waals surface area contributed by atoms with Gasteiger partial charge >= 0.3 is 0 Å². The van der Waals surface area contributed by atoms with E-state index in [2.05, 4.69) is 39.9 Å². The number of rotatable bonds is 4. The number of aromatic nitrogens is 1. The van der Waals surface area contributed by atoms with Crippen LogP contribution >= 0.6 is 0 Å². The van der Waals surface area contributed by atoms with Gasteiger partial charge in [0.25, 0.3) is 0 Å². The van der Waals surface area contributed by atoms with Crippen LogP contribution in [-0.2, 0) is 4.79 Å². The minimum atomic E-state index is -0.254. The van der Waals surface area contributed by atoms with Gasteiger partial charge in [-0.3, -0.25) is 4.79 Å². The summed E-state index contributed by atoms with van der Waals surface area (Å²) in [6, 6.07) is 22.0. The molecule has 6 nitrogen and oxygen atoms in total. The molecule has 3 N–H and O–H groups in total. The molecule has 1 aromatic heterocycles. The van der Waals surface area contributed by atoms with Gasteiger partial charge in [-0.15, -0.1) is 0 Å². The van der Waals surface area contributed by atoms with Gasteiger partial charge in [-0.05, 0) is 48.2 Å². The lowest BCUT2D eigenvalue weighted by atomic mass is 9.78. The van der Waals surface area contributed by atoms with E-state index in [0.717, 1.165) is 51.1 Å². The summed E-state index contributed by atoms with van der Waals surface area (Å²) in [4.78, 5) is 17.2. The normalized spacial score (nSPS) is 19.3. The number of hydrogen-bond acceptors (Lipinski definition) is 5. The number of anilines is 2. The second-order valence-electron chi connectivity index (χ2n) is 9.07. The molecule has 176 valence electrons. The molecular weight excluding hydrogens is 438 g/mol. The van der Waals surface area contributed by atoms with Crippen LogP contribution in [0.15, 0.2) is 84.2 Å². The standard InChI is InChI=1S/C29H27N3O3/c1-34-26-12-11-17(15-27(26)35-2)18-13-24-28(25(33)14-18)29(32-23-10-6-5-9-22(23)31-24)20-16-30-21-8-4-3-7-19(20)21/h3-12,15-16,18,29-32H,13-14H2,1-2H3. The van der Waals surface area contributed by atoms with E-state index >= 15 is 0 Å². The third kappa shape index (κ3) is 3.62. The van der Waals surface area contributed by atoms with Crippen molar-refractivity contribution >= 4 is 28.1 Å². The topological polar surface area (TPSA) is 75.4 Å². The van der Waals surface area contributed by atoms with Crippen LogP contribution in [0, 0.1) is 0 Å². The van der Waals surface area contributed by atoms with Crippen LogP contribution in [0.25, 0.3) is 10.9 Å². The number of para-hydroxylation sites is 3. The lowest BCUT2D eigenvalue weighted by molar-refractivity contribution is -0.116. The summed E-state index contributed by atoms with van der Waals surface area (Å²) in [5.74, 6) is 1.55. The molecule has 2 heterocycles. The molecule has 2 unspecified atom stereocenters. The Balaban J connectivity index is 1.46. The zero-order chi connectivity index (χ0) is 23.9. The van der Waals surface area contributed by atoms with Crippen molar-refractivity contribution in [2.75, 3.05) is 24.9 Å². The molecule has 2 atom stereocenters. The van der Waals surface area contributed by atoms with Crippen molar-refractivity contribution in [2.24, 2.45) is 0 Å². The number of benzene rings is 3. The van der Waals surface area contributed by atoms with Gasteiger partial charge in [0.2, 0.25) is 0 Å². The van der Waals surface area contributed by atoms with E-state index in [1.165, 1.54) is 0 Å². The molecule has 1 aliphatic carbocycles. The number of Topliss-reactive ketones (excluding diaryl/α,β-unsaturated/α-hetero) is 1. The van der Waals surface area contributed by atoms with Crippen molar-refractivity contribution in [1.29, 1.82) is 0 Å². The van der Waals surface area contributed by atoms with Gasteiger partial charge in [0.05, 0.1) is 31.6 Å². The fraction of sp³-hybridized carbons (Fsp3) is 0.207. The predicted octanol–water partition coefficient (Wildman–Crippen LogP) is 6.16. The van der Waals surface area contributed by atoms with Crippen molar-refractivity contribution in [3.05, 3.63) is 95.3 Å². The number of ether oxygens (including phenoxy) is 2. The quantitative estimate of drug-likeness (QED) is 0.336. The summed E-state index contributed by atoms with van der Waals surface area (Å²) >= 11 is 0. The fourth-order valence-electron chi connectivity index (χ4n) is 5.40. The Morgan fingerprint density at radius 3 is 2.46 bits per heavy atom. The lowest BCUT2D eigenvalue weighted by Gasteiger charge is -2.30. The molecule has 3 aromatic carbocycles. The summed E-state index contributed by atoms with van der Waals surface area (Å²) in [5.41, 5.74) is 6.93. The SMILES string of the molecule is COc1ccc(C2CC(=O)C3=C(C2)Nc2ccccc2NC3c2c[nH]c3ccccc23)cc1OC. The molecule has 6 rings (SSSR count). The van der Waals surface area contributed by atoms with E-state index in [-0.39, 0.29) is 17.7 Å². The maximum absolute atomic E-state index is 13.8. The van der Waals surface area contributed by atoms with E-state index in [4.69, 9.17) is 9.47 Å². The number of aromatic amines is 1. The van der Waals surface area contributed by atoms with Gasteiger partial charge in [-0.25, -0.2) is 0 Å². The monoisotopic (exact) mass is 465 g/mol. The van der Waals surface area contributed by atoms with Crippen LogP contribution < -0.4 is 20.1 Å². The van der Waals surface area contributed by atoms with E-state index in [9.17, 15) is 4.79 Å². The second-order valence-corrected chi connectivity index (χ2v) is 9.07. The minimum Gasteiger partial charge on any atom is -0.493 e. The summed E-state index contributed by atoms with van der Waals surface area (Å²) in [7, 11) is 3.26. The number of ketones is 1. The molecule has 4 aromatic rings. The van der Waals surface area contributed by atoms with Crippen LogP contribution in [0.4, 0.5) is 11.4 Å². The Labute approximate surface area is 204 Å². The number of nitrogens with one attached hydrogen (secondary N) is 3. The van der Waals surface area contributed by atoms with Gasteiger partial charge in [-0.2, -0.15) is 0 Å². The Morgan fingerprint density at radius 2 is 1.63 bits per heavy atom. The van der Waals surface area contributed by atoms with Crippen LogP contribution in [0.5, 0.6) is 11.5 Å². The number of fused-ring (bicyclic) bond motifs is 2. The average Bonchev–Trinajstić information content (AvgIpc) is 3.24. The van der Waals surface area contributed by atoms with E-state index < -0.39 is 0 Å². The molecule has 6 heteroatoms. The van der Waals surface area contributed by atoms with Gasteiger partial charge in [0, 0.05) is 40.4 Å².